The highest BCUT2D eigenvalue weighted by Crippen LogP contribution is 2.53. The molecule has 0 saturated heterocycles. The lowest BCUT2D eigenvalue weighted by Gasteiger charge is -2.13. The molecule has 0 N–H and O–H groups in total. The van der Waals surface area contributed by atoms with E-state index >= 15 is 8.78 Å². The number of hydrogen-bond acceptors (Lipinski definition) is 4. The molecule has 0 aliphatic heterocycles. The van der Waals surface area contributed by atoms with Crippen molar-refractivity contribution in [3.8, 4) is 24.3 Å². The zero-order valence-electron chi connectivity index (χ0n) is 22.0. The number of nitrogens with zero attached hydrogens (tertiary/aromatic N) is 8. The van der Waals surface area contributed by atoms with Crippen molar-refractivity contribution in [3.63, 3.8) is 0 Å². The van der Waals surface area contributed by atoms with Crippen LogP contribution in [0.4, 0.5) is 20.2 Å². The number of allylic oxidation sites excluding steroid dienone is 6. The minimum Gasteiger partial charge on any atom is -0.238 e. The zero-order chi connectivity index (χ0) is 31.7. The number of hydrogen-bond donors (Lipinski definition) is 0. The molecule has 0 radical (unpaired) electrons. The van der Waals surface area contributed by atoms with E-state index in [0.717, 1.165) is 0 Å². The summed E-state index contributed by atoms with van der Waals surface area (Å²) >= 11 is 0. The maximum Gasteiger partial charge on any atom is 0.229 e. The van der Waals surface area contributed by atoms with Crippen LogP contribution in [0.3, 0.4) is 0 Å². The molecule has 3 aromatic rings. The Morgan fingerprint density at radius 3 is 1.68 bits per heavy atom. The van der Waals surface area contributed by atoms with Crippen LogP contribution in [0.25, 0.3) is 53.1 Å². The molecular weight excluding hydrogens is 558 g/mol. The highest BCUT2D eigenvalue weighted by molar-refractivity contribution is 6.17. The SMILES string of the molecule is [C-]#[N+]C1=C(F)/C(=C(\[N+]#[C-])c2cc(C#N)cc([N+]#[C-])c2)c2cc3c(cc21)C(C#N)=C(F)/C3=C(\C#N)c1cc(C#N)cc([N+]#[C-])c1. The average Bonchev–Trinajstić information content (AvgIpc) is 3.48. The fraction of sp³-hybridized carbons (Fsp3) is 0. The normalized spacial score (nSPS) is 14.8. The van der Waals surface area contributed by atoms with E-state index in [4.69, 9.17) is 26.3 Å². The van der Waals surface area contributed by atoms with Crippen LogP contribution in [0.2, 0.25) is 0 Å². The summed E-state index contributed by atoms with van der Waals surface area (Å²) in [6.45, 7) is 30.2. The van der Waals surface area contributed by atoms with Crippen molar-refractivity contribution in [2.24, 2.45) is 0 Å². The summed E-state index contributed by atoms with van der Waals surface area (Å²) in [5.41, 5.74) is -2.07. The van der Waals surface area contributed by atoms with E-state index in [2.05, 4.69) is 19.4 Å². The summed E-state index contributed by atoms with van der Waals surface area (Å²) in [6.07, 6.45) is 0. The first kappa shape index (κ1) is 27.9. The number of nitriles is 4. The summed E-state index contributed by atoms with van der Waals surface area (Å²) in [5, 5.41) is 38.9. The van der Waals surface area contributed by atoms with Crippen LogP contribution in [0, 0.1) is 71.6 Å². The molecule has 44 heavy (non-hydrogen) atoms. The van der Waals surface area contributed by atoms with Gasteiger partial charge in [0.2, 0.25) is 11.4 Å². The van der Waals surface area contributed by atoms with Gasteiger partial charge in [-0.25, -0.2) is 28.2 Å². The molecule has 0 heterocycles. The van der Waals surface area contributed by atoms with E-state index < -0.39 is 22.9 Å². The van der Waals surface area contributed by atoms with Gasteiger partial charge >= 0.3 is 0 Å². The minimum atomic E-state index is -1.07. The molecule has 0 aromatic heterocycles. The van der Waals surface area contributed by atoms with Crippen molar-refractivity contribution in [1.82, 2.24) is 0 Å². The number of halogens is 2. The molecule has 0 fully saturated rings. The smallest absolute Gasteiger partial charge is 0.229 e. The van der Waals surface area contributed by atoms with Crippen molar-refractivity contribution in [2.45, 2.75) is 0 Å². The lowest BCUT2D eigenvalue weighted by molar-refractivity contribution is 0.681. The average molecular weight is 566 g/mol. The van der Waals surface area contributed by atoms with Gasteiger partial charge in [0.05, 0.1) is 49.6 Å². The molecule has 198 valence electrons. The van der Waals surface area contributed by atoms with E-state index in [1.807, 2.05) is 18.2 Å². The van der Waals surface area contributed by atoms with Gasteiger partial charge in [-0.1, -0.05) is 18.2 Å². The molecule has 2 aliphatic carbocycles. The number of benzene rings is 3. The Kier molecular flexibility index (Phi) is 6.83. The summed E-state index contributed by atoms with van der Waals surface area (Å²) in [7, 11) is 0. The van der Waals surface area contributed by atoms with Crippen molar-refractivity contribution >= 4 is 45.1 Å². The molecule has 2 aliphatic rings. The molecule has 0 unspecified atom stereocenters. The highest BCUT2D eigenvalue weighted by atomic mass is 19.1. The van der Waals surface area contributed by atoms with Gasteiger partial charge in [0.15, 0.2) is 17.2 Å². The van der Waals surface area contributed by atoms with Gasteiger partial charge in [-0.05, 0) is 58.1 Å². The maximum absolute atomic E-state index is 16.0. The van der Waals surface area contributed by atoms with Crippen molar-refractivity contribution in [2.75, 3.05) is 0 Å². The van der Waals surface area contributed by atoms with E-state index in [0.29, 0.717) is 0 Å². The monoisotopic (exact) mass is 566 g/mol. The summed E-state index contributed by atoms with van der Waals surface area (Å²) in [4.78, 5) is 13.4. The van der Waals surface area contributed by atoms with Gasteiger partial charge in [-0.2, -0.15) is 21.0 Å². The molecule has 0 atom stereocenters. The maximum atomic E-state index is 16.0. The summed E-state index contributed by atoms with van der Waals surface area (Å²) in [6, 6.07) is 17.8. The number of fused-ring (bicyclic) bond motifs is 2. The third-order valence-electron chi connectivity index (χ3n) is 6.94. The van der Waals surface area contributed by atoms with Crippen LogP contribution in [-0.4, -0.2) is 0 Å². The van der Waals surface area contributed by atoms with Crippen molar-refractivity contribution < 1.29 is 8.78 Å². The third kappa shape index (κ3) is 4.13. The summed E-state index contributed by atoms with van der Waals surface area (Å²) < 4.78 is 32.0. The Morgan fingerprint density at radius 1 is 0.591 bits per heavy atom. The molecule has 0 bridgehead atoms. The fourth-order valence-electron chi connectivity index (χ4n) is 5.12. The predicted octanol–water partition coefficient (Wildman–Crippen LogP) is 8.54. The lowest BCUT2D eigenvalue weighted by Crippen LogP contribution is -1.95. The fourth-order valence-corrected chi connectivity index (χ4v) is 5.12. The van der Waals surface area contributed by atoms with Gasteiger partial charge in [0, 0.05) is 27.8 Å². The topological polar surface area (TPSA) is 113 Å². The third-order valence-corrected chi connectivity index (χ3v) is 6.94. The molecule has 0 saturated carbocycles. The first-order valence-electron chi connectivity index (χ1n) is 12.2. The Balaban J connectivity index is 1.90. The second kappa shape index (κ2) is 10.8. The van der Waals surface area contributed by atoms with Gasteiger partial charge in [-0.15, -0.1) is 0 Å². The summed E-state index contributed by atoms with van der Waals surface area (Å²) in [5.74, 6) is -2.13. The Bertz CT molecular complexity index is 2150. The standard InChI is InChI=1S/C34H8F2N8/c1-41-21-7-17(13-37)5-19(9-21)27(15-39)29-24-12-25-26(11-23(24)28(16-40)31(29)35)34(44-4)32(36)30(25)33(43-3)20-6-18(14-38)8-22(10-20)42-2/h5-12H/b29-27+,33-30-. The molecule has 5 rings (SSSR count). The number of rotatable bonds is 2. The largest absolute Gasteiger partial charge is 0.238 e. The first-order chi connectivity index (χ1) is 21.3. The Labute approximate surface area is 249 Å². The van der Waals surface area contributed by atoms with E-state index in [1.54, 1.807) is 6.07 Å². The van der Waals surface area contributed by atoms with Gasteiger partial charge < -0.3 is 0 Å². The lowest BCUT2D eigenvalue weighted by atomic mass is 9.90. The van der Waals surface area contributed by atoms with Gasteiger partial charge in [-0.3, -0.25) is 0 Å². The van der Waals surface area contributed by atoms with Crippen LogP contribution >= 0.6 is 0 Å². The minimum absolute atomic E-state index is 0.000578. The second-order valence-electron chi connectivity index (χ2n) is 9.20. The quantitative estimate of drug-likeness (QED) is 0.228. The van der Waals surface area contributed by atoms with Crippen LogP contribution < -0.4 is 0 Å². The highest BCUT2D eigenvalue weighted by Gasteiger charge is 2.37. The predicted molar refractivity (Wildman–Crippen MR) is 155 cm³/mol. The molecule has 0 amide bonds. The molecule has 10 heteroatoms. The zero-order valence-corrected chi connectivity index (χ0v) is 22.0. The van der Waals surface area contributed by atoms with E-state index in [-0.39, 0.29) is 78.3 Å². The van der Waals surface area contributed by atoms with Crippen LogP contribution in [0.15, 0.2) is 60.2 Å². The van der Waals surface area contributed by atoms with E-state index in [9.17, 15) is 21.0 Å². The Hall–Kier alpha value is -7.60. The van der Waals surface area contributed by atoms with E-state index in [1.165, 1.54) is 48.5 Å². The van der Waals surface area contributed by atoms with Crippen molar-refractivity contribution in [3.05, 3.63) is 150 Å². The van der Waals surface area contributed by atoms with Crippen LogP contribution in [0.5, 0.6) is 0 Å². The second-order valence-corrected chi connectivity index (χ2v) is 9.20. The molecule has 8 nitrogen and oxygen atoms in total. The van der Waals surface area contributed by atoms with Crippen molar-refractivity contribution in [1.29, 1.82) is 21.0 Å². The molecular formula is C34H8F2N8. The van der Waals surface area contributed by atoms with Gasteiger partial charge in [0.25, 0.3) is 0 Å². The van der Waals surface area contributed by atoms with Crippen LogP contribution in [-0.2, 0) is 0 Å². The molecule has 0 spiro atoms. The molecule has 3 aromatic carbocycles. The van der Waals surface area contributed by atoms with Gasteiger partial charge in [0.1, 0.15) is 18.0 Å². The first-order valence-corrected chi connectivity index (χ1v) is 12.2. The Morgan fingerprint density at radius 2 is 1.16 bits per heavy atom. The van der Waals surface area contributed by atoms with Crippen LogP contribution in [0.1, 0.15) is 44.5 Å².